The average Bonchev–Trinajstić information content (AvgIpc) is 2.12. The Bertz CT molecular complexity index is 328. The minimum absolute atomic E-state index is 0.382. The van der Waals surface area contributed by atoms with Crippen LogP contribution >= 0.6 is 0 Å². The molecule has 0 saturated carbocycles. The van der Waals surface area contributed by atoms with Crippen molar-refractivity contribution in [2.45, 2.75) is 39.2 Å². The molecular weight excluding hydrogens is 158 g/mol. The van der Waals surface area contributed by atoms with Gasteiger partial charge in [0.15, 0.2) is 0 Å². The van der Waals surface area contributed by atoms with Crippen LogP contribution in [0.3, 0.4) is 0 Å². The summed E-state index contributed by atoms with van der Waals surface area (Å²) in [5.74, 6) is 0. The van der Waals surface area contributed by atoms with E-state index in [9.17, 15) is 0 Å². The third-order valence-electron chi connectivity index (χ3n) is 3.13. The van der Waals surface area contributed by atoms with Gasteiger partial charge in [0.05, 0.1) is 0 Å². The van der Waals surface area contributed by atoms with Gasteiger partial charge >= 0.3 is 0 Å². The molecule has 0 saturated heterocycles. The summed E-state index contributed by atoms with van der Waals surface area (Å²) in [5, 5.41) is 0. The van der Waals surface area contributed by atoms with Gasteiger partial charge in [-0.3, -0.25) is 0 Å². The summed E-state index contributed by atoms with van der Waals surface area (Å²) in [6, 6.07) is 4.82. The molecule has 1 heteroatoms. The Morgan fingerprint density at radius 1 is 1.15 bits per heavy atom. The van der Waals surface area contributed by atoms with Crippen LogP contribution in [0, 0.1) is 13.8 Å². The van der Waals surface area contributed by atoms with E-state index >= 15 is 0 Å². The fourth-order valence-corrected chi connectivity index (χ4v) is 2.25. The highest BCUT2D eigenvalue weighted by Gasteiger charge is 2.18. The number of fused-ring (bicyclic) bond motifs is 1. The van der Waals surface area contributed by atoms with E-state index in [0.717, 1.165) is 12.8 Å². The molecule has 0 aliphatic heterocycles. The van der Waals surface area contributed by atoms with Crippen LogP contribution in [-0.4, -0.2) is 6.04 Å². The summed E-state index contributed by atoms with van der Waals surface area (Å²) in [4.78, 5) is 0. The monoisotopic (exact) mass is 175 g/mol. The lowest BCUT2D eigenvalue weighted by Gasteiger charge is -2.24. The molecule has 0 amide bonds. The molecule has 1 aromatic carbocycles. The second kappa shape index (κ2) is 3.15. The first kappa shape index (κ1) is 8.76. The molecule has 0 heterocycles. The lowest BCUT2D eigenvalue weighted by atomic mass is 9.84. The highest BCUT2D eigenvalue weighted by molar-refractivity contribution is 5.42. The number of hydrogen-bond acceptors (Lipinski definition) is 1. The van der Waals surface area contributed by atoms with Crippen LogP contribution in [-0.2, 0) is 12.8 Å². The van der Waals surface area contributed by atoms with E-state index < -0.39 is 0 Å². The molecule has 1 nitrogen and oxygen atoms in total. The van der Waals surface area contributed by atoms with Crippen molar-refractivity contribution in [2.75, 3.05) is 0 Å². The molecule has 13 heavy (non-hydrogen) atoms. The Balaban J connectivity index is 2.51. The van der Waals surface area contributed by atoms with E-state index in [4.69, 9.17) is 5.73 Å². The zero-order chi connectivity index (χ0) is 9.42. The van der Waals surface area contributed by atoms with E-state index in [0.29, 0.717) is 6.04 Å². The van der Waals surface area contributed by atoms with Crippen LogP contribution in [0.25, 0.3) is 0 Å². The lowest BCUT2D eigenvalue weighted by Crippen LogP contribution is -2.28. The molecule has 1 aromatic rings. The van der Waals surface area contributed by atoms with Crippen molar-refractivity contribution >= 4 is 0 Å². The standard InChI is InChI=1S/C12H17N/c1-8-3-4-9(2)12-7-10(13)5-6-11(8)12/h3-4,10H,5-7,13H2,1-2H3. The van der Waals surface area contributed by atoms with Gasteiger partial charge in [-0.25, -0.2) is 0 Å². The molecule has 2 rings (SSSR count). The van der Waals surface area contributed by atoms with Crippen molar-refractivity contribution in [3.63, 3.8) is 0 Å². The summed E-state index contributed by atoms with van der Waals surface area (Å²) in [7, 11) is 0. The summed E-state index contributed by atoms with van der Waals surface area (Å²) in [6.07, 6.45) is 3.39. The molecule has 0 spiro atoms. The molecule has 0 aromatic heterocycles. The smallest absolute Gasteiger partial charge is 0.00826 e. The average molecular weight is 175 g/mol. The van der Waals surface area contributed by atoms with Gasteiger partial charge in [-0.1, -0.05) is 12.1 Å². The number of hydrogen-bond donors (Lipinski definition) is 1. The molecule has 70 valence electrons. The largest absolute Gasteiger partial charge is 0.327 e. The Morgan fingerprint density at radius 3 is 2.46 bits per heavy atom. The van der Waals surface area contributed by atoms with Crippen molar-refractivity contribution in [2.24, 2.45) is 5.73 Å². The summed E-state index contributed by atoms with van der Waals surface area (Å²) in [5.41, 5.74) is 11.9. The predicted molar refractivity (Wildman–Crippen MR) is 55.9 cm³/mol. The predicted octanol–water partition coefficient (Wildman–Crippen LogP) is 2.12. The topological polar surface area (TPSA) is 26.0 Å². The third-order valence-corrected chi connectivity index (χ3v) is 3.13. The molecule has 0 fully saturated rings. The second-order valence-corrected chi connectivity index (χ2v) is 4.16. The molecular formula is C12H17N. The number of rotatable bonds is 0. The zero-order valence-electron chi connectivity index (χ0n) is 8.43. The van der Waals surface area contributed by atoms with Gasteiger partial charge in [-0.05, 0) is 55.4 Å². The summed E-state index contributed by atoms with van der Waals surface area (Å²) < 4.78 is 0. The van der Waals surface area contributed by atoms with Gasteiger partial charge < -0.3 is 5.73 Å². The fourth-order valence-electron chi connectivity index (χ4n) is 2.25. The van der Waals surface area contributed by atoms with E-state index in [-0.39, 0.29) is 0 Å². The van der Waals surface area contributed by atoms with Gasteiger partial charge in [0.25, 0.3) is 0 Å². The van der Waals surface area contributed by atoms with Gasteiger partial charge in [0.1, 0.15) is 0 Å². The quantitative estimate of drug-likeness (QED) is 0.642. The molecule has 1 unspecified atom stereocenters. The molecule has 1 atom stereocenters. The number of nitrogens with two attached hydrogens (primary N) is 1. The fraction of sp³-hybridized carbons (Fsp3) is 0.500. The van der Waals surface area contributed by atoms with E-state index in [2.05, 4.69) is 26.0 Å². The zero-order valence-corrected chi connectivity index (χ0v) is 8.43. The lowest BCUT2D eigenvalue weighted by molar-refractivity contribution is 0.572. The molecule has 0 radical (unpaired) electrons. The van der Waals surface area contributed by atoms with Gasteiger partial charge in [-0.2, -0.15) is 0 Å². The Morgan fingerprint density at radius 2 is 1.77 bits per heavy atom. The highest BCUT2D eigenvalue weighted by atomic mass is 14.6. The van der Waals surface area contributed by atoms with Gasteiger partial charge in [0, 0.05) is 6.04 Å². The molecule has 1 aliphatic rings. The molecule has 2 N–H and O–H groups in total. The number of aryl methyl sites for hydroxylation is 2. The van der Waals surface area contributed by atoms with Crippen molar-refractivity contribution in [1.29, 1.82) is 0 Å². The van der Waals surface area contributed by atoms with E-state index in [1.807, 2.05) is 0 Å². The van der Waals surface area contributed by atoms with Gasteiger partial charge in [0.2, 0.25) is 0 Å². The minimum atomic E-state index is 0.382. The molecule has 0 bridgehead atoms. The first-order chi connectivity index (χ1) is 6.18. The summed E-state index contributed by atoms with van der Waals surface area (Å²) >= 11 is 0. The van der Waals surface area contributed by atoms with Crippen LogP contribution in [0.1, 0.15) is 28.7 Å². The van der Waals surface area contributed by atoms with Crippen LogP contribution in [0.4, 0.5) is 0 Å². The van der Waals surface area contributed by atoms with Crippen LogP contribution < -0.4 is 5.73 Å². The second-order valence-electron chi connectivity index (χ2n) is 4.16. The molecule has 1 aliphatic carbocycles. The number of benzene rings is 1. The Hall–Kier alpha value is -0.820. The van der Waals surface area contributed by atoms with Crippen molar-refractivity contribution in [3.05, 3.63) is 34.4 Å². The SMILES string of the molecule is Cc1ccc(C)c2c1CCC(N)C2. The summed E-state index contributed by atoms with van der Waals surface area (Å²) in [6.45, 7) is 4.39. The van der Waals surface area contributed by atoms with Crippen LogP contribution in [0.2, 0.25) is 0 Å². The van der Waals surface area contributed by atoms with Crippen LogP contribution in [0.5, 0.6) is 0 Å². The Kier molecular flexibility index (Phi) is 2.12. The first-order valence-corrected chi connectivity index (χ1v) is 5.02. The van der Waals surface area contributed by atoms with Crippen molar-refractivity contribution < 1.29 is 0 Å². The third kappa shape index (κ3) is 1.49. The maximum atomic E-state index is 5.97. The van der Waals surface area contributed by atoms with Crippen molar-refractivity contribution in [3.8, 4) is 0 Å². The first-order valence-electron chi connectivity index (χ1n) is 5.02. The minimum Gasteiger partial charge on any atom is -0.327 e. The van der Waals surface area contributed by atoms with Crippen molar-refractivity contribution in [1.82, 2.24) is 0 Å². The van der Waals surface area contributed by atoms with E-state index in [1.54, 1.807) is 5.56 Å². The normalized spacial score (nSPS) is 21.3. The van der Waals surface area contributed by atoms with E-state index in [1.165, 1.54) is 23.1 Å². The Labute approximate surface area is 80.0 Å². The highest BCUT2D eigenvalue weighted by Crippen LogP contribution is 2.26. The van der Waals surface area contributed by atoms with Crippen LogP contribution in [0.15, 0.2) is 12.1 Å². The maximum absolute atomic E-state index is 5.97. The maximum Gasteiger partial charge on any atom is 0.00826 e. The van der Waals surface area contributed by atoms with Gasteiger partial charge in [-0.15, -0.1) is 0 Å².